The predicted molar refractivity (Wildman–Crippen MR) is 72.2 cm³/mol. The van der Waals surface area contributed by atoms with Crippen molar-refractivity contribution in [2.45, 2.75) is 32.0 Å². The van der Waals surface area contributed by atoms with Gasteiger partial charge in [-0.2, -0.15) is 0 Å². The molecule has 94 valence electrons. The minimum atomic E-state index is -0.452. The van der Waals surface area contributed by atoms with Crippen molar-refractivity contribution in [3.8, 4) is 0 Å². The van der Waals surface area contributed by atoms with Crippen LogP contribution in [0.1, 0.15) is 31.4 Å². The van der Waals surface area contributed by atoms with Crippen molar-refractivity contribution in [3.63, 3.8) is 0 Å². The maximum absolute atomic E-state index is 9.68. The number of nitrogens with zero attached hydrogens (tertiary/aromatic N) is 1. The summed E-state index contributed by atoms with van der Waals surface area (Å²) < 4.78 is 0.977. The zero-order valence-electron chi connectivity index (χ0n) is 9.93. The van der Waals surface area contributed by atoms with Crippen LogP contribution in [0.3, 0.4) is 0 Å². The molecule has 0 aromatic heterocycles. The number of piperidine rings is 1. The Labute approximate surface area is 110 Å². The van der Waals surface area contributed by atoms with E-state index in [1.807, 2.05) is 18.2 Å². The van der Waals surface area contributed by atoms with Crippen LogP contribution in [0, 0.1) is 0 Å². The molecule has 2 atom stereocenters. The molecular weight excluding hydrogens is 282 g/mol. The van der Waals surface area contributed by atoms with Crippen molar-refractivity contribution < 1.29 is 10.2 Å². The van der Waals surface area contributed by atoms with E-state index in [1.54, 1.807) is 6.92 Å². The molecule has 1 aromatic carbocycles. The van der Waals surface area contributed by atoms with Crippen molar-refractivity contribution in [2.24, 2.45) is 0 Å². The summed E-state index contributed by atoms with van der Waals surface area (Å²) in [7, 11) is 0. The SMILES string of the molecule is CC(O)c1ccc(N2CCCC(O)C2)c(Br)c1. The molecule has 1 heterocycles. The summed E-state index contributed by atoms with van der Waals surface area (Å²) in [6, 6.07) is 5.89. The van der Waals surface area contributed by atoms with E-state index >= 15 is 0 Å². The van der Waals surface area contributed by atoms with Gasteiger partial charge in [-0.05, 0) is 53.4 Å². The third kappa shape index (κ3) is 3.00. The molecule has 1 aromatic rings. The summed E-state index contributed by atoms with van der Waals surface area (Å²) in [4.78, 5) is 2.18. The van der Waals surface area contributed by atoms with Gasteiger partial charge in [0.1, 0.15) is 0 Å². The van der Waals surface area contributed by atoms with E-state index in [9.17, 15) is 10.2 Å². The standard InChI is InChI=1S/C13H18BrNO2/c1-9(16)10-4-5-13(12(14)7-10)15-6-2-3-11(17)8-15/h4-5,7,9,11,16-17H,2-3,6,8H2,1H3. The van der Waals surface area contributed by atoms with Crippen LogP contribution in [-0.2, 0) is 0 Å². The Balaban J connectivity index is 2.21. The molecule has 1 saturated heterocycles. The van der Waals surface area contributed by atoms with Crippen LogP contribution in [-0.4, -0.2) is 29.4 Å². The molecule has 0 aliphatic carbocycles. The summed E-state index contributed by atoms with van der Waals surface area (Å²) >= 11 is 3.54. The van der Waals surface area contributed by atoms with E-state index in [1.165, 1.54) is 0 Å². The molecule has 0 radical (unpaired) electrons. The number of anilines is 1. The monoisotopic (exact) mass is 299 g/mol. The first-order valence-corrected chi connectivity index (χ1v) is 6.77. The third-order valence-electron chi connectivity index (χ3n) is 3.19. The van der Waals surface area contributed by atoms with Crippen LogP contribution < -0.4 is 4.90 Å². The smallest absolute Gasteiger partial charge is 0.0762 e. The lowest BCUT2D eigenvalue weighted by atomic mass is 10.1. The molecule has 1 aliphatic rings. The minimum absolute atomic E-state index is 0.230. The number of hydrogen-bond donors (Lipinski definition) is 2. The molecule has 2 rings (SSSR count). The molecule has 3 nitrogen and oxygen atoms in total. The van der Waals surface area contributed by atoms with Crippen LogP contribution in [0.25, 0.3) is 0 Å². The largest absolute Gasteiger partial charge is 0.391 e. The number of aliphatic hydroxyl groups excluding tert-OH is 2. The fraction of sp³-hybridized carbons (Fsp3) is 0.538. The van der Waals surface area contributed by atoms with Crippen molar-refractivity contribution in [3.05, 3.63) is 28.2 Å². The molecule has 2 unspecified atom stereocenters. The third-order valence-corrected chi connectivity index (χ3v) is 3.83. The minimum Gasteiger partial charge on any atom is -0.391 e. The molecular formula is C13H18BrNO2. The summed E-state index contributed by atoms with van der Waals surface area (Å²) in [5, 5.41) is 19.2. The van der Waals surface area contributed by atoms with Crippen LogP contribution in [0.2, 0.25) is 0 Å². The zero-order chi connectivity index (χ0) is 12.4. The Bertz CT molecular complexity index is 395. The first-order valence-electron chi connectivity index (χ1n) is 5.98. The van der Waals surface area contributed by atoms with Crippen molar-refractivity contribution in [1.29, 1.82) is 0 Å². The molecule has 0 spiro atoms. The first kappa shape index (κ1) is 12.9. The van der Waals surface area contributed by atoms with Gasteiger partial charge in [0.25, 0.3) is 0 Å². The molecule has 1 aliphatic heterocycles. The lowest BCUT2D eigenvalue weighted by Crippen LogP contribution is -2.38. The van der Waals surface area contributed by atoms with Gasteiger partial charge in [-0.15, -0.1) is 0 Å². The lowest BCUT2D eigenvalue weighted by Gasteiger charge is -2.32. The van der Waals surface area contributed by atoms with Crippen molar-refractivity contribution in [1.82, 2.24) is 0 Å². The summed E-state index contributed by atoms with van der Waals surface area (Å²) in [6.07, 6.45) is 1.23. The molecule has 2 N–H and O–H groups in total. The maximum atomic E-state index is 9.68. The number of rotatable bonds is 2. The van der Waals surface area contributed by atoms with Gasteiger partial charge in [-0.25, -0.2) is 0 Å². The maximum Gasteiger partial charge on any atom is 0.0762 e. The summed E-state index contributed by atoms with van der Waals surface area (Å²) in [5.41, 5.74) is 1.99. The Hall–Kier alpha value is -0.580. The average Bonchev–Trinajstić information content (AvgIpc) is 2.28. The Morgan fingerprint density at radius 3 is 2.82 bits per heavy atom. The van der Waals surface area contributed by atoms with Gasteiger partial charge in [-0.3, -0.25) is 0 Å². The highest BCUT2D eigenvalue weighted by molar-refractivity contribution is 9.10. The average molecular weight is 300 g/mol. The highest BCUT2D eigenvalue weighted by Crippen LogP contribution is 2.31. The van der Waals surface area contributed by atoms with Gasteiger partial charge in [0, 0.05) is 17.6 Å². The highest BCUT2D eigenvalue weighted by Gasteiger charge is 2.19. The highest BCUT2D eigenvalue weighted by atomic mass is 79.9. The van der Waals surface area contributed by atoms with Crippen molar-refractivity contribution >= 4 is 21.6 Å². The summed E-state index contributed by atoms with van der Waals surface area (Å²) in [5.74, 6) is 0. The predicted octanol–water partition coefficient (Wildman–Crippen LogP) is 2.46. The Kier molecular flexibility index (Phi) is 4.07. The van der Waals surface area contributed by atoms with E-state index < -0.39 is 6.10 Å². The number of halogens is 1. The zero-order valence-corrected chi connectivity index (χ0v) is 11.5. The van der Waals surface area contributed by atoms with E-state index in [0.29, 0.717) is 6.54 Å². The van der Waals surface area contributed by atoms with E-state index in [-0.39, 0.29) is 6.10 Å². The summed E-state index contributed by atoms with van der Waals surface area (Å²) in [6.45, 7) is 3.42. The van der Waals surface area contributed by atoms with Crippen LogP contribution in [0.4, 0.5) is 5.69 Å². The van der Waals surface area contributed by atoms with Gasteiger partial charge in [0.15, 0.2) is 0 Å². The molecule has 0 bridgehead atoms. The van der Waals surface area contributed by atoms with E-state index in [4.69, 9.17) is 0 Å². The Morgan fingerprint density at radius 2 is 2.24 bits per heavy atom. The number of benzene rings is 1. The quantitative estimate of drug-likeness (QED) is 0.882. The fourth-order valence-corrected chi connectivity index (χ4v) is 2.86. The van der Waals surface area contributed by atoms with Gasteiger partial charge in [-0.1, -0.05) is 6.07 Å². The Morgan fingerprint density at radius 1 is 1.47 bits per heavy atom. The lowest BCUT2D eigenvalue weighted by molar-refractivity contribution is 0.154. The second-order valence-corrected chi connectivity index (χ2v) is 5.48. The van der Waals surface area contributed by atoms with Gasteiger partial charge >= 0.3 is 0 Å². The number of β-amino-alcohol motifs (C(OH)–C–C–N with tert-alkyl or cyclic N) is 1. The second kappa shape index (κ2) is 5.38. The van der Waals surface area contributed by atoms with Gasteiger partial charge in [0.05, 0.1) is 17.9 Å². The van der Waals surface area contributed by atoms with Crippen molar-refractivity contribution in [2.75, 3.05) is 18.0 Å². The van der Waals surface area contributed by atoms with E-state index in [2.05, 4.69) is 20.8 Å². The molecule has 0 amide bonds. The topological polar surface area (TPSA) is 43.7 Å². The number of aliphatic hydroxyl groups is 2. The number of hydrogen-bond acceptors (Lipinski definition) is 3. The molecule has 1 fully saturated rings. The molecule has 17 heavy (non-hydrogen) atoms. The van der Waals surface area contributed by atoms with Gasteiger partial charge < -0.3 is 15.1 Å². The molecule has 0 saturated carbocycles. The second-order valence-electron chi connectivity index (χ2n) is 4.63. The van der Waals surface area contributed by atoms with Crippen LogP contribution in [0.15, 0.2) is 22.7 Å². The normalized spacial score (nSPS) is 22.6. The molecule has 4 heteroatoms. The van der Waals surface area contributed by atoms with Gasteiger partial charge in [0.2, 0.25) is 0 Å². The van der Waals surface area contributed by atoms with E-state index in [0.717, 1.165) is 35.1 Å². The fourth-order valence-electron chi connectivity index (χ4n) is 2.21. The van der Waals surface area contributed by atoms with Crippen LogP contribution >= 0.6 is 15.9 Å². The van der Waals surface area contributed by atoms with Crippen LogP contribution in [0.5, 0.6) is 0 Å². The first-order chi connectivity index (χ1) is 8.08.